The summed E-state index contributed by atoms with van der Waals surface area (Å²) in [6, 6.07) is 10.4. The van der Waals surface area contributed by atoms with E-state index in [-0.39, 0.29) is 12.0 Å². The third kappa shape index (κ3) is 3.14. The van der Waals surface area contributed by atoms with Crippen LogP contribution in [0.2, 0.25) is 0 Å². The van der Waals surface area contributed by atoms with Crippen LogP contribution >= 0.6 is 0 Å². The first-order chi connectivity index (χ1) is 11.8. The molecule has 2 aliphatic heterocycles. The molecule has 0 radical (unpaired) electrons. The van der Waals surface area contributed by atoms with E-state index >= 15 is 0 Å². The van der Waals surface area contributed by atoms with Gasteiger partial charge in [0.2, 0.25) is 0 Å². The Kier molecular flexibility index (Phi) is 4.45. The van der Waals surface area contributed by atoms with Crippen molar-refractivity contribution in [3.05, 3.63) is 42.1 Å². The molecule has 1 amide bonds. The van der Waals surface area contributed by atoms with Crippen molar-refractivity contribution in [1.82, 2.24) is 14.8 Å². The normalized spacial score (nSPS) is 22.2. The predicted molar refractivity (Wildman–Crippen MR) is 92.6 cm³/mol. The summed E-state index contributed by atoms with van der Waals surface area (Å²) in [7, 11) is 0. The van der Waals surface area contributed by atoms with Crippen molar-refractivity contribution in [2.75, 3.05) is 32.8 Å². The fraction of sp³-hybridized carbons (Fsp3) is 0.474. The Bertz CT molecular complexity index is 714. The fourth-order valence-electron chi connectivity index (χ4n) is 3.64. The van der Waals surface area contributed by atoms with Crippen molar-refractivity contribution in [3.63, 3.8) is 0 Å². The number of fused-ring (bicyclic) bond motifs is 1. The molecule has 5 nitrogen and oxygen atoms in total. The lowest BCUT2D eigenvalue weighted by atomic mass is 10.1. The molecule has 2 fully saturated rings. The number of amides is 1. The predicted octanol–water partition coefficient (Wildman–Crippen LogP) is 2.06. The Balaban J connectivity index is 1.38. The second-order valence-corrected chi connectivity index (χ2v) is 6.60. The summed E-state index contributed by atoms with van der Waals surface area (Å²) < 4.78 is 5.53. The summed E-state index contributed by atoms with van der Waals surface area (Å²) in [6.45, 7) is 5.00. The molecule has 24 heavy (non-hydrogen) atoms. The van der Waals surface area contributed by atoms with E-state index in [4.69, 9.17) is 4.74 Å². The number of ether oxygens (including phenoxy) is 1. The number of pyridine rings is 1. The number of aromatic nitrogens is 1. The molecular formula is C19H23N3O2. The monoisotopic (exact) mass is 325 g/mol. The minimum atomic E-state index is -0.196. The zero-order valence-electron chi connectivity index (χ0n) is 13.9. The number of para-hydroxylation sites is 1. The quantitative estimate of drug-likeness (QED) is 0.866. The second kappa shape index (κ2) is 6.87. The number of rotatable bonds is 3. The molecule has 1 aromatic carbocycles. The van der Waals surface area contributed by atoms with Crippen molar-refractivity contribution < 1.29 is 9.53 Å². The third-order valence-corrected chi connectivity index (χ3v) is 5.00. The number of benzene rings is 1. The van der Waals surface area contributed by atoms with Crippen LogP contribution in [0.1, 0.15) is 18.4 Å². The van der Waals surface area contributed by atoms with E-state index in [1.165, 1.54) is 10.9 Å². The maximum Gasteiger partial charge on any atom is 0.251 e. The molecule has 0 N–H and O–H groups in total. The first-order valence-electron chi connectivity index (χ1n) is 8.76. The molecule has 0 saturated carbocycles. The van der Waals surface area contributed by atoms with Crippen LogP contribution < -0.4 is 0 Å². The number of nitrogens with zero attached hydrogens (tertiary/aromatic N) is 3. The lowest BCUT2D eigenvalue weighted by Crippen LogP contribution is -2.51. The zero-order chi connectivity index (χ0) is 16.4. The Labute approximate surface area is 142 Å². The van der Waals surface area contributed by atoms with Crippen molar-refractivity contribution >= 4 is 16.8 Å². The summed E-state index contributed by atoms with van der Waals surface area (Å²) in [5.74, 6) is 0.180. The summed E-state index contributed by atoms with van der Waals surface area (Å²) in [4.78, 5) is 21.3. The lowest BCUT2D eigenvalue weighted by Gasteiger charge is -2.35. The summed E-state index contributed by atoms with van der Waals surface area (Å²) in [6.07, 6.45) is 3.54. The van der Waals surface area contributed by atoms with Gasteiger partial charge in [-0.2, -0.15) is 0 Å². The van der Waals surface area contributed by atoms with Crippen molar-refractivity contribution in [1.29, 1.82) is 0 Å². The first-order valence-corrected chi connectivity index (χ1v) is 8.76. The van der Waals surface area contributed by atoms with Crippen molar-refractivity contribution in [3.8, 4) is 0 Å². The smallest absolute Gasteiger partial charge is 0.251 e. The van der Waals surface area contributed by atoms with Gasteiger partial charge in [0, 0.05) is 50.9 Å². The summed E-state index contributed by atoms with van der Waals surface area (Å²) in [5.41, 5.74) is 2.34. The minimum Gasteiger partial charge on any atom is -0.368 e. The highest BCUT2D eigenvalue weighted by molar-refractivity contribution is 5.82. The maximum absolute atomic E-state index is 12.4. The van der Waals surface area contributed by atoms with E-state index in [0.29, 0.717) is 0 Å². The van der Waals surface area contributed by atoms with Gasteiger partial charge in [-0.1, -0.05) is 24.3 Å². The zero-order valence-corrected chi connectivity index (χ0v) is 13.9. The molecule has 1 atom stereocenters. The highest BCUT2D eigenvalue weighted by Crippen LogP contribution is 2.20. The Morgan fingerprint density at radius 1 is 1.17 bits per heavy atom. The van der Waals surface area contributed by atoms with Gasteiger partial charge in [-0.25, -0.2) is 0 Å². The van der Waals surface area contributed by atoms with Gasteiger partial charge in [-0.15, -0.1) is 0 Å². The number of carbonyl (C=O) groups is 1. The summed E-state index contributed by atoms with van der Waals surface area (Å²) in [5, 5.41) is 1.18. The standard InChI is InChI=1S/C19H23N3O2/c23-19(17-7-3-13-24-17)22-11-9-21(10-12-22)14-16-5-1-4-15-6-2-8-20-18(15)16/h1-2,4-6,8,17H,3,7,9-14H2/t17-/m0/s1. The van der Waals surface area contributed by atoms with Crippen molar-refractivity contribution in [2.24, 2.45) is 0 Å². The van der Waals surface area contributed by atoms with Crippen LogP contribution in [-0.4, -0.2) is 59.6 Å². The Morgan fingerprint density at radius 3 is 2.79 bits per heavy atom. The third-order valence-electron chi connectivity index (χ3n) is 5.00. The molecule has 1 aromatic heterocycles. The summed E-state index contributed by atoms with van der Waals surface area (Å²) >= 11 is 0. The number of hydrogen-bond acceptors (Lipinski definition) is 4. The van der Waals surface area contributed by atoms with E-state index < -0.39 is 0 Å². The van der Waals surface area contributed by atoms with Crippen LogP contribution in [0.5, 0.6) is 0 Å². The SMILES string of the molecule is O=C([C@@H]1CCCO1)N1CCN(Cc2cccc3cccnc23)CC1. The number of hydrogen-bond donors (Lipinski definition) is 0. The van der Waals surface area contributed by atoms with E-state index in [0.717, 1.165) is 57.7 Å². The molecule has 4 rings (SSSR count). The highest BCUT2D eigenvalue weighted by Gasteiger charge is 2.30. The largest absolute Gasteiger partial charge is 0.368 e. The molecule has 5 heteroatoms. The molecule has 0 spiro atoms. The van der Waals surface area contributed by atoms with Gasteiger partial charge < -0.3 is 9.64 Å². The Hall–Kier alpha value is -1.98. The molecule has 2 aliphatic rings. The van der Waals surface area contributed by atoms with E-state index in [1.54, 1.807) is 0 Å². The van der Waals surface area contributed by atoms with Gasteiger partial charge in [0.1, 0.15) is 6.10 Å². The van der Waals surface area contributed by atoms with Gasteiger partial charge >= 0.3 is 0 Å². The maximum atomic E-state index is 12.4. The van der Waals surface area contributed by atoms with Gasteiger partial charge in [0.15, 0.2) is 0 Å². The highest BCUT2D eigenvalue weighted by atomic mass is 16.5. The number of carbonyl (C=O) groups excluding carboxylic acids is 1. The molecule has 0 bridgehead atoms. The van der Waals surface area contributed by atoms with Crippen LogP contribution in [0.25, 0.3) is 10.9 Å². The van der Waals surface area contributed by atoms with Gasteiger partial charge in [0.05, 0.1) is 5.52 Å². The molecule has 2 saturated heterocycles. The molecule has 0 unspecified atom stereocenters. The Morgan fingerprint density at radius 2 is 2.00 bits per heavy atom. The second-order valence-electron chi connectivity index (χ2n) is 6.60. The van der Waals surface area contributed by atoms with Crippen LogP contribution in [0, 0.1) is 0 Å². The molecule has 3 heterocycles. The molecule has 126 valence electrons. The van der Waals surface area contributed by atoms with Gasteiger partial charge in [-0.05, 0) is 24.5 Å². The molecular weight excluding hydrogens is 302 g/mol. The number of piperazine rings is 1. The van der Waals surface area contributed by atoms with Crippen LogP contribution in [0.4, 0.5) is 0 Å². The van der Waals surface area contributed by atoms with Crippen LogP contribution in [0.3, 0.4) is 0 Å². The molecule has 0 aliphatic carbocycles. The van der Waals surface area contributed by atoms with E-state index in [2.05, 4.69) is 34.1 Å². The van der Waals surface area contributed by atoms with E-state index in [1.807, 2.05) is 17.2 Å². The van der Waals surface area contributed by atoms with Gasteiger partial charge in [-0.3, -0.25) is 14.7 Å². The van der Waals surface area contributed by atoms with Crippen molar-refractivity contribution in [2.45, 2.75) is 25.5 Å². The first kappa shape index (κ1) is 15.5. The topological polar surface area (TPSA) is 45.7 Å². The van der Waals surface area contributed by atoms with E-state index in [9.17, 15) is 4.79 Å². The molecule has 2 aromatic rings. The minimum absolute atomic E-state index is 0.180. The van der Waals surface area contributed by atoms with Gasteiger partial charge in [0.25, 0.3) is 5.91 Å². The van der Waals surface area contributed by atoms with Crippen LogP contribution in [0.15, 0.2) is 36.5 Å². The average Bonchev–Trinajstić information content (AvgIpc) is 3.17. The average molecular weight is 325 g/mol. The lowest BCUT2D eigenvalue weighted by molar-refractivity contribution is -0.142. The van der Waals surface area contributed by atoms with Crippen LogP contribution in [-0.2, 0) is 16.1 Å². The fourth-order valence-corrected chi connectivity index (χ4v) is 3.64.